The molecule has 0 N–H and O–H groups in total. The summed E-state index contributed by atoms with van der Waals surface area (Å²) in [6.45, 7) is 4.29. The van der Waals surface area contributed by atoms with Crippen molar-refractivity contribution in [2.45, 2.75) is 6.42 Å². The van der Waals surface area contributed by atoms with E-state index in [-0.39, 0.29) is 5.91 Å². The number of nitrogens with zero attached hydrogens (tertiary/aromatic N) is 2. The van der Waals surface area contributed by atoms with E-state index in [1.54, 1.807) is 18.2 Å². The molecule has 1 aliphatic rings. The van der Waals surface area contributed by atoms with Gasteiger partial charge in [-0.25, -0.2) is 0 Å². The standard InChI is InChI=1S/C14H17BrCl2N2O/c15-13-10-11(17)2-3-12(13)14(20)19-6-1-5-18(7-4-16)8-9-19/h2-3,10H,1,4-9H2. The molecule has 1 aliphatic heterocycles. The Hall–Kier alpha value is -0.290. The molecule has 0 spiro atoms. The van der Waals surface area contributed by atoms with Crippen molar-refractivity contribution in [2.75, 3.05) is 38.6 Å². The predicted octanol–water partition coefficient (Wildman–Crippen LogP) is 3.49. The van der Waals surface area contributed by atoms with Gasteiger partial charge in [0.25, 0.3) is 5.91 Å². The van der Waals surface area contributed by atoms with Gasteiger partial charge in [0.05, 0.1) is 5.56 Å². The zero-order chi connectivity index (χ0) is 14.5. The van der Waals surface area contributed by atoms with Gasteiger partial charge in [-0.1, -0.05) is 11.6 Å². The Morgan fingerprint density at radius 1 is 1.25 bits per heavy atom. The van der Waals surface area contributed by atoms with E-state index in [9.17, 15) is 4.79 Å². The summed E-state index contributed by atoms with van der Waals surface area (Å²) in [6, 6.07) is 5.28. The third-order valence-electron chi connectivity index (χ3n) is 3.44. The first-order valence-electron chi connectivity index (χ1n) is 6.64. The fraction of sp³-hybridized carbons (Fsp3) is 0.500. The minimum Gasteiger partial charge on any atom is -0.337 e. The van der Waals surface area contributed by atoms with Crippen LogP contribution in [0, 0.1) is 0 Å². The zero-order valence-corrected chi connectivity index (χ0v) is 14.2. The molecule has 2 rings (SSSR count). The third kappa shape index (κ3) is 4.10. The van der Waals surface area contributed by atoms with Gasteiger partial charge in [0.2, 0.25) is 0 Å². The van der Waals surface area contributed by atoms with Crippen molar-refractivity contribution in [1.82, 2.24) is 9.80 Å². The molecule has 0 aliphatic carbocycles. The summed E-state index contributed by atoms with van der Waals surface area (Å²) in [7, 11) is 0. The number of hydrogen-bond donors (Lipinski definition) is 0. The summed E-state index contributed by atoms with van der Waals surface area (Å²) in [4.78, 5) is 16.8. The van der Waals surface area contributed by atoms with E-state index in [1.807, 2.05) is 4.90 Å². The van der Waals surface area contributed by atoms with Crippen molar-refractivity contribution in [3.05, 3.63) is 33.3 Å². The molecule has 0 unspecified atom stereocenters. The van der Waals surface area contributed by atoms with Crippen LogP contribution in [0.25, 0.3) is 0 Å². The fourth-order valence-electron chi connectivity index (χ4n) is 2.35. The van der Waals surface area contributed by atoms with Crippen molar-refractivity contribution >= 4 is 45.0 Å². The topological polar surface area (TPSA) is 23.6 Å². The number of halogens is 3. The monoisotopic (exact) mass is 378 g/mol. The summed E-state index contributed by atoms with van der Waals surface area (Å²) < 4.78 is 0.747. The maximum atomic E-state index is 12.6. The Labute approximate surface area is 138 Å². The summed E-state index contributed by atoms with van der Waals surface area (Å²) in [5.74, 6) is 0.692. The second-order valence-corrected chi connectivity index (χ2v) is 6.47. The van der Waals surface area contributed by atoms with E-state index in [0.717, 1.165) is 43.6 Å². The van der Waals surface area contributed by atoms with Crippen LogP contribution in [-0.4, -0.2) is 54.3 Å². The largest absolute Gasteiger partial charge is 0.337 e. The van der Waals surface area contributed by atoms with Crippen molar-refractivity contribution < 1.29 is 4.79 Å². The second kappa shape index (κ2) is 7.64. The highest BCUT2D eigenvalue weighted by atomic mass is 79.9. The van der Waals surface area contributed by atoms with Crippen molar-refractivity contribution in [3.8, 4) is 0 Å². The molecule has 0 saturated carbocycles. The van der Waals surface area contributed by atoms with E-state index in [1.165, 1.54) is 0 Å². The van der Waals surface area contributed by atoms with Crippen LogP contribution in [0.3, 0.4) is 0 Å². The first kappa shape index (κ1) is 16.1. The number of hydrogen-bond acceptors (Lipinski definition) is 2. The highest BCUT2D eigenvalue weighted by Crippen LogP contribution is 2.23. The van der Waals surface area contributed by atoms with Crippen LogP contribution in [0.15, 0.2) is 22.7 Å². The van der Waals surface area contributed by atoms with Crippen LogP contribution in [0.1, 0.15) is 16.8 Å². The smallest absolute Gasteiger partial charge is 0.255 e. The van der Waals surface area contributed by atoms with E-state index < -0.39 is 0 Å². The fourth-order valence-corrected chi connectivity index (χ4v) is 3.44. The van der Waals surface area contributed by atoms with Gasteiger partial charge in [0.1, 0.15) is 0 Å². The Bertz CT molecular complexity index is 484. The predicted molar refractivity (Wildman–Crippen MR) is 86.8 cm³/mol. The minimum absolute atomic E-state index is 0.0567. The lowest BCUT2D eigenvalue weighted by atomic mass is 10.2. The second-order valence-electron chi connectivity index (χ2n) is 4.80. The molecule has 1 aromatic carbocycles. The molecule has 6 heteroatoms. The van der Waals surface area contributed by atoms with Crippen molar-refractivity contribution in [1.29, 1.82) is 0 Å². The van der Waals surface area contributed by atoms with E-state index in [0.29, 0.717) is 16.5 Å². The first-order chi connectivity index (χ1) is 9.61. The van der Waals surface area contributed by atoms with Crippen molar-refractivity contribution in [3.63, 3.8) is 0 Å². The maximum Gasteiger partial charge on any atom is 0.255 e. The molecule has 1 saturated heterocycles. The molecule has 3 nitrogen and oxygen atoms in total. The molecule has 1 aromatic rings. The maximum absolute atomic E-state index is 12.6. The molecule has 0 atom stereocenters. The molecule has 1 heterocycles. The minimum atomic E-state index is 0.0567. The SMILES string of the molecule is O=C(c1ccc(Cl)cc1Br)N1CCCN(CCCl)CC1. The molecule has 1 fully saturated rings. The average Bonchev–Trinajstić information content (AvgIpc) is 2.64. The molecule has 0 aromatic heterocycles. The molecular formula is C14H17BrCl2N2O. The molecule has 20 heavy (non-hydrogen) atoms. The van der Waals surface area contributed by atoms with Crippen LogP contribution in [-0.2, 0) is 0 Å². The Morgan fingerprint density at radius 2 is 2.05 bits per heavy atom. The van der Waals surface area contributed by atoms with Crippen LogP contribution in [0.5, 0.6) is 0 Å². The molecule has 1 amide bonds. The quantitative estimate of drug-likeness (QED) is 0.750. The highest BCUT2D eigenvalue weighted by molar-refractivity contribution is 9.10. The van der Waals surface area contributed by atoms with Crippen LogP contribution in [0.2, 0.25) is 5.02 Å². The molecule has 0 bridgehead atoms. The van der Waals surface area contributed by atoms with Gasteiger partial charge < -0.3 is 9.80 Å². The lowest BCUT2D eigenvalue weighted by Gasteiger charge is -2.22. The first-order valence-corrected chi connectivity index (χ1v) is 8.35. The highest BCUT2D eigenvalue weighted by Gasteiger charge is 2.21. The van der Waals surface area contributed by atoms with Crippen LogP contribution < -0.4 is 0 Å². The Balaban J connectivity index is 2.05. The van der Waals surface area contributed by atoms with Gasteiger partial charge in [-0.15, -0.1) is 11.6 Å². The van der Waals surface area contributed by atoms with Gasteiger partial charge in [-0.2, -0.15) is 0 Å². The zero-order valence-electron chi connectivity index (χ0n) is 11.1. The van der Waals surface area contributed by atoms with Gasteiger partial charge >= 0.3 is 0 Å². The molecular weight excluding hydrogens is 363 g/mol. The Morgan fingerprint density at radius 3 is 2.75 bits per heavy atom. The summed E-state index contributed by atoms with van der Waals surface area (Å²) in [5, 5.41) is 0.623. The van der Waals surface area contributed by atoms with Gasteiger partial charge in [0, 0.05) is 41.6 Å². The lowest BCUT2D eigenvalue weighted by Crippen LogP contribution is -2.35. The number of carbonyl (C=O) groups excluding carboxylic acids is 1. The molecule has 110 valence electrons. The summed E-state index contributed by atoms with van der Waals surface area (Å²) in [6.07, 6.45) is 0.980. The normalized spacial score (nSPS) is 17.1. The summed E-state index contributed by atoms with van der Waals surface area (Å²) >= 11 is 15.1. The van der Waals surface area contributed by atoms with Gasteiger partial charge in [0.15, 0.2) is 0 Å². The van der Waals surface area contributed by atoms with Crippen molar-refractivity contribution in [2.24, 2.45) is 0 Å². The number of benzene rings is 1. The van der Waals surface area contributed by atoms with Crippen LogP contribution in [0.4, 0.5) is 0 Å². The Kier molecular flexibility index (Phi) is 6.15. The third-order valence-corrected chi connectivity index (χ3v) is 4.50. The summed E-state index contributed by atoms with van der Waals surface area (Å²) in [5.41, 5.74) is 0.667. The lowest BCUT2D eigenvalue weighted by molar-refractivity contribution is 0.0761. The number of carbonyl (C=O) groups is 1. The average molecular weight is 380 g/mol. The van der Waals surface area contributed by atoms with E-state index in [4.69, 9.17) is 23.2 Å². The van der Waals surface area contributed by atoms with Gasteiger partial charge in [-0.05, 0) is 47.1 Å². The van der Waals surface area contributed by atoms with Gasteiger partial charge in [-0.3, -0.25) is 4.79 Å². The molecule has 0 radical (unpaired) electrons. The van der Waals surface area contributed by atoms with E-state index in [2.05, 4.69) is 20.8 Å². The number of alkyl halides is 1. The number of amides is 1. The van der Waals surface area contributed by atoms with E-state index >= 15 is 0 Å². The number of rotatable bonds is 3. The van der Waals surface area contributed by atoms with Crippen LogP contribution >= 0.6 is 39.1 Å².